The molecule has 4 heteroatoms. The van der Waals surface area contributed by atoms with Crippen molar-refractivity contribution in [2.24, 2.45) is 23.2 Å². The fourth-order valence-electron chi connectivity index (χ4n) is 2.99. The average molecular weight is 239 g/mol. The molecular formula is C13H21NO3. The highest BCUT2D eigenvalue weighted by atomic mass is 16.4. The number of carbonyl (C=O) groups excluding carboxylic acids is 1. The molecule has 0 radical (unpaired) electrons. The van der Waals surface area contributed by atoms with Crippen LogP contribution in [-0.4, -0.2) is 35.0 Å². The van der Waals surface area contributed by atoms with Crippen LogP contribution in [0.2, 0.25) is 0 Å². The van der Waals surface area contributed by atoms with Gasteiger partial charge in [0.2, 0.25) is 5.91 Å². The summed E-state index contributed by atoms with van der Waals surface area (Å²) in [6.45, 7) is 7.53. The normalized spacial score (nSPS) is 32.3. The van der Waals surface area contributed by atoms with Crippen molar-refractivity contribution in [3.63, 3.8) is 0 Å². The molecule has 1 aliphatic carbocycles. The van der Waals surface area contributed by atoms with Crippen LogP contribution in [0.15, 0.2) is 0 Å². The number of amides is 1. The average Bonchev–Trinajstić information content (AvgIpc) is 2.82. The molecule has 2 atom stereocenters. The molecular weight excluding hydrogens is 218 g/mol. The number of hydrogen-bond acceptors (Lipinski definition) is 2. The van der Waals surface area contributed by atoms with Gasteiger partial charge in [0.05, 0.1) is 11.8 Å². The molecule has 1 amide bonds. The Balaban J connectivity index is 2.00. The Morgan fingerprint density at radius 1 is 1.18 bits per heavy atom. The minimum Gasteiger partial charge on any atom is -0.481 e. The van der Waals surface area contributed by atoms with Crippen LogP contribution in [0.3, 0.4) is 0 Å². The van der Waals surface area contributed by atoms with Crippen LogP contribution in [-0.2, 0) is 9.59 Å². The van der Waals surface area contributed by atoms with E-state index in [1.54, 1.807) is 0 Å². The maximum Gasteiger partial charge on any atom is 0.307 e. The Bertz CT molecular complexity index is 343. The largest absolute Gasteiger partial charge is 0.481 e. The van der Waals surface area contributed by atoms with Crippen molar-refractivity contribution in [1.82, 2.24) is 4.90 Å². The third-order valence-electron chi connectivity index (χ3n) is 4.45. The van der Waals surface area contributed by atoms with Crippen molar-refractivity contribution in [3.8, 4) is 0 Å². The van der Waals surface area contributed by atoms with Gasteiger partial charge in [-0.1, -0.05) is 20.8 Å². The molecule has 2 aliphatic rings. The molecule has 0 aromatic rings. The summed E-state index contributed by atoms with van der Waals surface area (Å²) in [5, 5.41) is 9.08. The number of hydrogen-bond donors (Lipinski definition) is 1. The molecule has 0 aromatic heterocycles. The molecule has 0 bridgehead atoms. The maximum atomic E-state index is 12.3. The predicted octanol–water partition coefficient (Wildman–Crippen LogP) is 1.60. The van der Waals surface area contributed by atoms with E-state index in [0.29, 0.717) is 5.92 Å². The zero-order valence-corrected chi connectivity index (χ0v) is 10.8. The lowest BCUT2D eigenvalue weighted by molar-refractivity contribution is -0.142. The minimum absolute atomic E-state index is 0.0503. The molecule has 2 fully saturated rings. The van der Waals surface area contributed by atoms with E-state index < -0.39 is 11.9 Å². The number of carbonyl (C=O) groups is 2. The highest BCUT2D eigenvalue weighted by molar-refractivity contribution is 5.91. The molecule has 0 unspecified atom stereocenters. The molecule has 0 aromatic carbocycles. The lowest BCUT2D eigenvalue weighted by atomic mass is 9.98. The standard InChI is InChI=1S/C13H21NO3/c1-8-4-6-14(7-5-8)11(15)9-10(12(16)17)13(9,2)3/h8-10H,4-7H2,1-3H3,(H,16,17)/t9-,10+/m0/s1. The van der Waals surface area contributed by atoms with Crippen molar-refractivity contribution < 1.29 is 14.7 Å². The second kappa shape index (κ2) is 4.00. The third-order valence-corrected chi connectivity index (χ3v) is 4.45. The number of likely N-dealkylation sites (tertiary alicyclic amines) is 1. The third kappa shape index (κ3) is 2.05. The van der Waals surface area contributed by atoms with Crippen LogP contribution < -0.4 is 0 Å². The van der Waals surface area contributed by atoms with Crippen LogP contribution in [0.4, 0.5) is 0 Å². The number of aliphatic carboxylic acids is 1. The van der Waals surface area contributed by atoms with Gasteiger partial charge in [0.15, 0.2) is 0 Å². The van der Waals surface area contributed by atoms with Gasteiger partial charge in [-0.3, -0.25) is 9.59 Å². The molecule has 1 saturated heterocycles. The number of piperidine rings is 1. The maximum absolute atomic E-state index is 12.3. The first-order chi connectivity index (χ1) is 7.85. The number of carboxylic acid groups (broad SMARTS) is 1. The second-order valence-electron chi connectivity index (χ2n) is 6.12. The number of rotatable bonds is 2. The van der Waals surface area contributed by atoms with E-state index in [4.69, 9.17) is 5.11 Å². The van der Waals surface area contributed by atoms with Crippen molar-refractivity contribution >= 4 is 11.9 Å². The van der Waals surface area contributed by atoms with Crippen LogP contribution in [0.5, 0.6) is 0 Å². The summed E-state index contributed by atoms with van der Waals surface area (Å²) in [4.78, 5) is 25.2. The van der Waals surface area contributed by atoms with Crippen molar-refractivity contribution in [2.75, 3.05) is 13.1 Å². The van der Waals surface area contributed by atoms with Crippen LogP contribution in [0.1, 0.15) is 33.6 Å². The van der Waals surface area contributed by atoms with E-state index in [2.05, 4.69) is 6.92 Å². The monoisotopic (exact) mass is 239 g/mol. The fourth-order valence-corrected chi connectivity index (χ4v) is 2.99. The van der Waals surface area contributed by atoms with E-state index in [1.165, 1.54) is 0 Å². The molecule has 1 heterocycles. The van der Waals surface area contributed by atoms with Gasteiger partial charge in [-0.2, -0.15) is 0 Å². The summed E-state index contributed by atoms with van der Waals surface area (Å²) in [5.74, 6) is -0.905. The predicted molar refractivity (Wildman–Crippen MR) is 63.4 cm³/mol. The Hall–Kier alpha value is -1.06. The van der Waals surface area contributed by atoms with E-state index in [0.717, 1.165) is 25.9 Å². The van der Waals surface area contributed by atoms with Gasteiger partial charge in [0, 0.05) is 13.1 Å². The molecule has 0 spiro atoms. The van der Waals surface area contributed by atoms with Crippen LogP contribution in [0, 0.1) is 23.2 Å². The lowest BCUT2D eigenvalue weighted by Gasteiger charge is -2.30. The summed E-state index contributed by atoms with van der Waals surface area (Å²) >= 11 is 0. The summed E-state index contributed by atoms with van der Waals surface area (Å²) < 4.78 is 0. The van der Waals surface area contributed by atoms with Crippen LogP contribution in [0.25, 0.3) is 0 Å². The van der Waals surface area contributed by atoms with Gasteiger partial charge in [0.25, 0.3) is 0 Å². The first-order valence-corrected chi connectivity index (χ1v) is 6.37. The Kier molecular flexibility index (Phi) is 2.92. The summed E-state index contributed by atoms with van der Waals surface area (Å²) in [6, 6.07) is 0. The van der Waals surface area contributed by atoms with E-state index >= 15 is 0 Å². The molecule has 17 heavy (non-hydrogen) atoms. The Morgan fingerprint density at radius 2 is 1.71 bits per heavy atom. The first kappa shape index (κ1) is 12.4. The van der Waals surface area contributed by atoms with Crippen LogP contribution >= 0.6 is 0 Å². The molecule has 1 saturated carbocycles. The van der Waals surface area contributed by atoms with Crippen molar-refractivity contribution in [1.29, 1.82) is 0 Å². The van der Waals surface area contributed by atoms with Gasteiger partial charge >= 0.3 is 5.97 Å². The summed E-state index contributed by atoms with van der Waals surface area (Å²) in [7, 11) is 0. The smallest absolute Gasteiger partial charge is 0.307 e. The molecule has 96 valence electrons. The van der Waals surface area contributed by atoms with Crippen molar-refractivity contribution in [2.45, 2.75) is 33.6 Å². The molecule has 1 N–H and O–H groups in total. The Morgan fingerprint density at radius 3 is 2.12 bits per heavy atom. The summed E-state index contributed by atoms with van der Waals surface area (Å²) in [5.41, 5.74) is -0.369. The van der Waals surface area contributed by atoms with Gasteiger partial charge in [-0.15, -0.1) is 0 Å². The topological polar surface area (TPSA) is 57.6 Å². The quantitative estimate of drug-likeness (QED) is 0.796. The zero-order valence-electron chi connectivity index (χ0n) is 10.8. The Labute approximate surface area is 102 Å². The summed E-state index contributed by atoms with van der Waals surface area (Å²) in [6.07, 6.45) is 2.08. The van der Waals surface area contributed by atoms with Crippen molar-refractivity contribution in [3.05, 3.63) is 0 Å². The first-order valence-electron chi connectivity index (χ1n) is 6.37. The van der Waals surface area contributed by atoms with Gasteiger partial charge in [-0.05, 0) is 24.2 Å². The van der Waals surface area contributed by atoms with E-state index in [9.17, 15) is 9.59 Å². The SMILES string of the molecule is CC1CCN(C(=O)[C@@H]2[C@H](C(=O)O)C2(C)C)CC1. The van der Waals surface area contributed by atoms with E-state index in [1.807, 2.05) is 18.7 Å². The minimum atomic E-state index is -0.835. The number of nitrogens with zero attached hydrogens (tertiary/aromatic N) is 1. The molecule has 2 rings (SSSR count). The lowest BCUT2D eigenvalue weighted by Crippen LogP contribution is -2.39. The number of carboxylic acids is 1. The second-order valence-corrected chi connectivity index (χ2v) is 6.12. The van der Waals surface area contributed by atoms with Gasteiger partial charge in [0.1, 0.15) is 0 Å². The van der Waals surface area contributed by atoms with E-state index in [-0.39, 0.29) is 17.2 Å². The highest BCUT2D eigenvalue weighted by Crippen LogP contribution is 2.59. The zero-order chi connectivity index (χ0) is 12.8. The fraction of sp³-hybridized carbons (Fsp3) is 0.846. The van der Waals surface area contributed by atoms with Gasteiger partial charge in [-0.25, -0.2) is 0 Å². The molecule has 4 nitrogen and oxygen atoms in total. The highest BCUT2D eigenvalue weighted by Gasteiger charge is 2.66. The van der Waals surface area contributed by atoms with Gasteiger partial charge < -0.3 is 10.0 Å². The molecule has 1 aliphatic heterocycles.